The Bertz CT molecular complexity index is 1520. The summed E-state index contributed by atoms with van der Waals surface area (Å²) in [7, 11) is 0.151. The predicted octanol–water partition coefficient (Wildman–Crippen LogP) is 4.60. The second-order valence-corrected chi connectivity index (χ2v) is 12.1. The first-order valence-corrected chi connectivity index (χ1v) is 15.2. The molecule has 0 bridgehead atoms. The summed E-state index contributed by atoms with van der Waals surface area (Å²) in [5, 5.41) is 7.30. The second-order valence-electron chi connectivity index (χ2n) is 10.1. The Morgan fingerprint density at radius 3 is 2.51 bits per heavy atom. The summed E-state index contributed by atoms with van der Waals surface area (Å²) >= 11 is 0. The summed E-state index contributed by atoms with van der Waals surface area (Å²) in [6.07, 6.45) is -1.41. The van der Waals surface area contributed by atoms with Crippen LogP contribution in [0.25, 0.3) is 10.9 Å². The highest BCUT2D eigenvalue weighted by Crippen LogP contribution is 2.31. The minimum atomic E-state index is -4.42. The molecule has 8 nitrogen and oxygen atoms in total. The quantitative estimate of drug-likeness (QED) is 0.263. The van der Waals surface area contributed by atoms with Gasteiger partial charge in [-0.15, -0.1) is 0 Å². The number of fused-ring (bicyclic) bond motifs is 1. The average Bonchev–Trinajstić information content (AvgIpc) is 3.24. The maximum absolute atomic E-state index is 13.6. The number of sulfone groups is 1. The fourth-order valence-corrected chi connectivity index (χ4v) is 5.38. The monoisotopic (exact) mass is 592 g/mol. The zero-order valence-corrected chi connectivity index (χ0v) is 24.2. The smallest absolute Gasteiger partial charge is 0.406 e. The van der Waals surface area contributed by atoms with Gasteiger partial charge in [0.15, 0.2) is 9.84 Å². The van der Waals surface area contributed by atoms with Gasteiger partial charge >= 0.3 is 6.18 Å². The molecule has 3 aromatic rings. The number of nitrogens with one attached hydrogen (secondary N) is 2. The lowest BCUT2D eigenvalue weighted by Crippen LogP contribution is -2.36. The van der Waals surface area contributed by atoms with Gasteiger partial charge in [0.25, 0.3) is 0 Å². The molecule has 2 aromatic carbocycles. The average molecular weight is 593 g/mol. The van der Waals surface area contributed by atoms with Crippen LogP contribution in [0.1, 0.15) is 18.5 Å². The number of ether oxygens (including phenoxy) is 2. The van der Waals surface area contributed by atoms with Gasteiger partial charge in [-0.2, -0.15) is 13.2 Å². The van der Waals surface area contributed by atoms with Crippen molar-refractivity contribution in [1.82, 2.24) is 9.47 Å². The molecule has 1 aliphatic heterocycles. The molecule has 41 heavy (non-hydrogen) atoms. The van der Waals surface area contributed by atoms with Crippen LogP contribution in [0.5, 0.6) is 5.75 Å². The summed E-state index contributed by atoms with van der Waals surface area (Å²) < 4.78 is 76.6. The van der Waals surface area contributed by atoms with Crippen LogP contribution in [0, 0.1) is 11.8 Å². The Kier molecular flexibility index (Phi) is 9.73. The van der Waals surface area contributed by atoms with Crippen LogP contribution in [0.4, 0.5) is 24.5 Å². The second kappa shape index (κ2) is 13.1. The highest BCUT2D eigenvalue weighted by atomic mass is 32.2. The van der Waals surface area contributed by atoms with E-state index in [0.29, 0.717) is 28.9 Å². The standard InChI is InChI=1S/C29H35F3N4O4S/c1-35-14-11-21(12-15-35)34-25-7-4-8-27-24(25)18-22(36(27)20-29(30,31)32)6-5-13-33-26-10-9-23(41(3,37)38)19-28(26)40-17-16-39-2/h4,7-10,18-19,21,33-34H,11-17,20H2,1-3H3. The van der Waals surface area contributed by atoms with Crippen LogP contribution in [0.2, 0.25) is 0 Å². The van der Waals surface area contributed by atoms with E-state index in [2.05, 4.69) is 34.4 Å². The predicted molar refractivity (Wildman–Crippen MR) is 154 cm³/mol. The van der Waals surface area contributed by atoms with Crippen LogP contribution in [-0.2, 0) is 21.1 Å². The number of nitrogens with zero attached hydrogens (tertiary/aromatic N) is 2. The zero-order valence-electron chi connectivity index (χ0n) is 23.3. The van der Waals surface area contributed by atoms with E-state index in [1.54, 1.807) is 24.3 Å². The van der Waals surface area contributed by atoms with Crippen molar-refractivity contribution >= 4 is 32.1 Å². The van der Waals surface area contributed by atoms with Crippen molar-refractivity contribution in [3.05, 3.63) is 48.2 Å². The molecule has 12 heteroatoms. The van der Waals surface area contributed by atoms with Gasteiger partial charge in [-0.25, -0.2) is 8.42 Å². The van der Waals surface area contributed by atoms with Crippen molar-refractivity contribution in [3.63, 3.8) is 0 Å². The van der Waals surface area contributed by atoms with Crippen LogP contribution in [-0.4, -0.2) is 83.4 Å². The van der Waals surface area contributed by atoms with Crippen molar-refractivity contribution in [3.8, 4) is 17.6 Å². The van der Waals surface area contributed by atoms with E-state index in [1.165, 1.54) is 23.8 Å². The number of hydrogen-bond donors (Lipinski definition) is 2. The molecule has 2 N–H and O–H groups in total. The fourth-order valence-electron chi connectivity index (χ4n) is 4.74. The number of benzene rings is 2. The number of halogens is 3. The van der Waals surface area contributed by atoms with Gasteiger partial charge in [-0.3, -0.25) is 0 Å². The van der Waals surface area contributed by atoms with E-state index in [-0.39, 0.29) is 29.8 Å². The first-order chi connectivity index (χ1) is 19.4. The normalized spacial score (nSPS) is 15.0. The van der Waals surface area contributed by atoms with Crippen LogP contribution >= 0.6 is 0 Å². The lowest BCUT2D eigenvalue weighted by molar-refractivity contribution is -0.140. The Morgan fingerprint density at radius 2 is 1.83 bits per heavy atom. The number of hydrogen-bond acceptors (Lipinski definition) is 7. The summed E-state index contributed by atoms with van der Waals surface area (Å²) in [5.74, 6) is 6.12. The maximum atomic E-state index is 13.6. The SMILES string of the molecule is COCCOc1cc(S(C)(=O)=O)ccc1NCC#Cc1cc2c(NC3CCN(C)CC3)cccc2n1CC(F)(F)F. The number of likely N-dealkylation sites (tertiary alicyclic amines) is 1. The maximum Gasteiger partial charge on any atom is 0.406 e. The van der Waals surface area contributed by atoms with Crippen molar-refractivity contribution in [2.45, 2.75) is 36.5 Å². The molecule has 1 aliphatic rings. The number of aromatic nitrogens is 1. The number of anilines is 2. The molecule has 1 saturated heterocycles. The van der Waals surface area contributed by atoms with Crippen LogP contribution < -0.4 is 15.4 Å². The first kappa shape index (κ1) is 30.6. The largest absolute Gasteiger partial charge is 0.489 e. The molecule has 0 amide bonds. The van der Waals surface area contributed by atoms with Crippen molar-refractivity contribution < 1.29 is 31.1 Å². The Balaban J connectivity index is 1.58. The number of rotatable bonds is 10. The molecule has 0 spiro atoms. The number of alkyl halides is 3. The third-order valence-electron chi connectivity index (χ3n) is 6.87. The summed E-state index contributed by atoms with van der Waals surface area (Å²) in [6, 6.07) is 11.7. The molecule has 1 aromatic heterocycles. The lowest BCUT2D eigenvalue weighted by atomic mass is 10.0. The van der Waals surface area contributed by atoms with E-state index in [9.17, 15) is 21.6 Å². The van der Waals surface area contributed by atoms with E-state index < -0.39 is 22.6 Å². The van der Waals surface area contributed by atoms with Gasteiger partial charge in [0, 0.05) is 36.5 Å². The zero-order chi connectivity index (χ0) is 29.6. The van der Waals surface area contributed by atoms with Crippen LogP contribution in [0.3, 0.4) is 0 Å². The van der Waals surface area contributed by atoms with Crippen molar-refractivity contribution in [2.24, 2.45) is 0 Å². The van der Waals surface area contributed by atoms with E-state index in [4.69, 9.17) is 9.47 Å². The van der Waals surface area contributed by atoms with Gasteiger partial charge in [0.1, 0.15) is 18.9 Å². The summed E-state index contributed by atoms with van der Waals surface area (Å²) in [6.45, 7) is 1.37. The van der Waals surface area contributed by atoms with Crippen molar-refractivity contribution in [2.75, 3.05) is 63.9 Å². The number of piperidine rings is 1. The Hall–Kier alpha value is -3.40. The molecule has 0 unspecified atom stereocenters. The highest BCUT2D eigenvalue weighted by molar-refractivity contribution is 7.90. The topological polar surface area (TPSA) is 84.8 Å². The third kappa shape index (κ3) is 8.31. The highest BCUT2D eigenvalue weighted by Gasteiger charge is 2.30. The number of methoxy groups -OCH3 is 1. The van der Waals surface area contributed by atoms with Gasteiger partial charge in [0.05, 0.1) is 34.9 Å². The summed E-state index contributed by atoms with van der Waals surface area (Å²) in [5.41, 5.74) is 2.01. The minimum Gasteiger partial charge on any atom is -0.489 e. The molecule has 0 atom stereocenters. The molecule has 0 radical (unpaired) electrons. The van der Waals surface area contributed by atoms with Gasteiger partial charge in [-0.05, 0) is 69.2 Å². The molecule has 222 valence electrons. The molecule has 1 fully saturated rings. The van der Waals surface area contributed by atoms with Gasteiger partial charge < -0.3 is 29.6 Å². The van der Waals surface area contributed by atoms with Gasteiger partial charge in [0.2, 0.25) is 0 Å². The Morgan fingerprint density at radius 1 is 1.07 bits per heavy atom. The molecule has 4 rings (SSSR count). The fraction of sp³-hybridized carbons (Fsp3) is 0.448. The summed E-state index contributed by atoms with van der Waals surface area (Å²) in [4.78, 5) is 2.36. The van der Waals surface area contributed by atoms with E-state index in [0.717, 1.165) is 37.9 Å². The minimum absolute atomic E-state index is 0.0904. The first-order valence-electron chi connectivity index (χ1n) is 13.3. The molecular weight excluding hydrogens is 557 g/mol. The third-order valence-corrected chi connectivity index (χ3v) is 7.98. The van der Waals surface area contributed by atoms with Crippen LogP contribution in [0.15, 0.2) is 47.4 Å². The van der Waals surface area contributed by atoms with Crippen molar-refractivity contribution in [1.29, 1.82) is 0 Å². The van der Waals surface area contributed by atoms with Gasteiger partial charge in [-0.1, -0.05) is 12.0 Å². The molecule has 2 heterocycles. The molecular formula is C29H35F3N4O4S. The molecule has 0 saturated carbocycles. The van der Waals surface area contributed by atoms with E-state index in [1.807, 2.05) is 6.07 Å². The molecule has 0 aliphatic carbocycles. The van der Waals surface area contributed by atoms with E-state index >= 15 is 0 Å². The Labute approximate surface area is 238 Å². The lowest BCUT2D eigenvalue weighted by Gasteiger charge is -2.30.